The van der Waals surface area contributed by atoms with Crippen molar-refractivity contribution < 1.29 is 18.7 Å². The molecule has 0 saturated carbocycles. The predicted molar refractivity (Wildman–Crippen MR) is 92.0 cm³/mol. The lowest BCUT2D eigenvalue weighted by Gasteiger charge is -2.31. The Hall–Kier alpha value is -2.89. The molecule has 0 saturated heterocycles. The summed E-state index contributed by atoms with van der Waals surface area (Å²) in [6.07, 6.45) is -0.277. The quantitative estimate of drug-likeness (QED) is 0.907. The first kappa shape index (κ1) is 17.0. The molecule has 1 heterocycles. The number of amides is 2. The summed E-state index contributed by atoms with van der Waals surface area (Å²) in [6, 6.07) is 13.4. The standard InChI is InChI=1S/C19H19FN2O3/c1-22-15-4-2-3-5-16(15)25-17(19(22)24)12-18(23)21-11-10-13-6-8-14(20)9-7-13/h2-9,17H,10-12H2,1H3,(H,21,23). The number of para-hydroxylation sites is 2. The largest absolute Gasteiger partial charge is 0.478 e. The Bertz CT molecular complexity index is 776. The van der Waals surface area contributed by atoms with Crippen LogP contribution in [0.4, 0.5) is 10.1 Å². The van der Waals surface area contributed by atoms with Gasteiger partial charge in [-0.25, -0.2) is 4.39 Å². The lowest BCUT2D eigenvalue weighted by Crippen LogP contribution is -2.46. The van der Waals surface area contributed by atoms with Crippen molar-refractivity contribution in [2.24, 2.45) is 0 Å². The van der Waals surface area contributed by atoms with Crippen molar-refractivity contribution in [3.8, 4) is 5.75 Å². The number of nitrogens with one attached hydrogen (secondary N) is 1. The first-order chi connectivity index (χ1) is 12.0. The molecule has 25 heavy (non-hydrogen) atoms. The first-order valence-corrected chi connectivity index (χ1v) is 8.09. The van der Waals surface area contributed by atoms with E-state index in [4.69, 9.17) is 4.74 Å². The number of hydrogen-bond acceptors (Lipinski definition) is 3. The van der Waals surface area contributed by atoms with Crippen LogP contribution in [0.1, 0.15) is 12.0 Å². The minimum atomic E-state index is -0.828. The maximum absolute atomic E-state index is 12.9. The number of rotatable bonds is 5. The number of halogens is 1. The average Bonchev–Trinajstić information content (AvgIpc) is 2.61. The van der Waals surface area contributed by atoms with E-state index in [9.17, 15) is 14.0 Å². The van der Waals surface area contributed by atoms with Crippen LogP contribution in [0, 0.1) is 5.82 Å². The molecule has 1 aliphatic rings. The minimum Gasteiger partial charge on any atom is -0.478 e. The normalized spacial score (nSPS) is 16.2. The highest BCUT2D eigenvalue weighted by Gasteiger charge is 2.33. The van der Waals surface area contributed by atoms with Crippen LogP contribution in [-0.2, 0) is 16.0 Å². The molecule has 0 bridgehead atoms. The summed E-state index contributed by atoms with van der Waals surface area (Å²) in [7, 11) is 1.67. The number of hydrogen-bond donors (Lipinski definition) is 1. The van der Waals surface area contributed by atoms with E-state index in [1.165, 1.54) is 17.0 Å². The Morgan fingerprint density at radius 3 is 2.68 bits per heavy atom. The van der Waals surface area contributed by atoms with E-state index in [2.05, 4.69) is 5.32 Å². The zero-order chi connectivity index (χ0) is 17.8. The molecule has 1 N–H and O–H groups in total. The molecule has 2 aromatic rings. The molecule has 2 aromatic carbocycles. The molecule has 1 unspecified atom stereocenters. The summed E-state index contributed by atoms with van der Waals surface area (Å²) in [5.74, 6) is -0.195. The van der Waals surface area contributed by atoms with Gasteiger partial charge in [0.25, 0.3) is 5.91 Å². The Morgan fingerprint density at radius 1 is 1.20 bits per heavy atom. The highest BCUT2D eigenvalue weighted by Crippen LogP contribution is 2.33. The monoisotopic (exact) mass is 342 g/mol. The van der Waals surface area contributed by atoms with E-state index in [1.54, 1.807) is 31.3 Å². The maximum atomic E-state index is 12.9. The molecule has 0 spiro atoms. The average molecular weight is 342 g/mol. The molecule has 6 heteroatoms. The second-order valence-electron chi connectivity index (χ2n) is 5.90. The fourth-order valence-corrected chi connectivity index (χ4v) is 2.74. The highest BCUT2D eigenvalue weighted by atomic mass is 19.1. The number of anilines is 1. The molecule has 5 nitrogen and oxygen atoms in total. The molecule has 0 fully saturated rings. The second kappa shape index (κ2) is 7.34. The third kappa shape index (κ3) is 3.96. The van der Waals surface area contributed by atoms with E-state index in [0.717, 1.165) is 5.56 Å². The Morgan fingerprint density at radius 2 is 1.92 bits per heavy atom. The number of carbonyl (C=O) groups excluding carboxylic acids is 2. The summed E-state index contributed by atoms with van der Waals surface area (Å²) in [6.45, 7) is 0.414. The number of likely N-dealkylation sites (N-methyl/N-ethyl adjacent to an activating group) is 1. The first-order valence-electron chi connectivity index (χ1n) is 8.09. The zero-order valence-electron chi connectivity index (χ0n) is 13.9. The van der Waals surface area contributed by atoms with Gasteiger partial charge in [0.05, 0.1) is 12.1 Å². The number of ether oxygens (including phenoxy) is 1. The van der Waals surface area contributed by atoms with E-state index in [-0.39, 0.29) is 24.1 Å². The van der Waals surface area contributed by atoms with Crippen molar-refractivity contribution in [3.05, 3.63) is 59.9 Å². The van der Waals surface area contributed by atoms with Crippen LogP contribution in [0.2, 0.25) is 0 Å². The van der Waals surface area contributed by atoms with Crippen LogP contribution in [-0.4, -0.2) is 31.5 Å². The van der Waals surface area contributed by atoms with Crippen molar-refractivity contribution in [3.63, 3.8) is 0 Å². The second-order valence-corrected chi connectivity index (χ2v) is 5.90. The molecule has 0 radical (unpaired) electrons. The smallest absolute Gasteiger partial charge is 0.268 e. The topological polar surface area (TPSA) is 58.6 Å². The SMILES string of the molecule is CN1C(=O)C(CC(=O)NCCc2ccc(F)cc2)Oc2ccccc21. The van der Waals surface area contributed by atoms with Crippen LogP contribution in [0.15, 0.2) is 48.5 Å². The molecule has 0 aliphatic carbocycles. The van der Waals surface area contributed by atoms with Gasteiger partial charge in [-0.2, -0.15) is 0 Å². The minimum absolute atomic E-state index is 0.0407. The van der Waals surface area contributed by atoms with Gasteiger partial charge in [-0.3, -0.25) is 9.59 Å². The summed E-state index contributed by atoms with van der Waals surface area (Å²) in [5, 5.41) is 2.77. The summed E-state index contributed by atoms with van der Waals surface area (Å²) < 4.78 is 18.5. The molecule has 1 atom stereocenters. The molecular weight excluding hydrogens is 323 g/mol. The zero-order valence-corrected chi connectivity index (χ0v) is 13.9. The van der Waals surface area contributed by atoms with Gasteiger partial charge in [0, 0.05) is 13.6 Å². The molecule has 1 aliphatic heterocycles. The van der Waals surface area contributed by atoms with E-state index in [0.29, 0.717) is 24.4 Å². The van der Waals surface area contributed by atoms with Gasteiger partial charge in [-0.1, -0.05) is 24.3 Å². The molecular formula is C19H19FN2O3. The van der Waals surface area contributed by atoms with Crippen molar-refractivity contribution >= 4 is 17.5 Å². The number of carbonyl (C=O) groups is 2. The lowest BCUT2D eigenvalue weighted by atomic mass is 10.1. The van der Waals surface area contributed by atoms with Gasteiger partial charge in [0.15, 0.2) is 6.10 Å². The molecule has 0 aromatic heterocycles. The number of benzene rings is 2. The predicted octanol–water partition coefficient (Wildman–Crippen LogP) is 2.30. The van der Waals surface area contributed by atoms with E-state index in [1.807, 2.05) is 12.1 Å². The molecule has 2 amide bonds. The Labute approximate surface area is 145 Å². The fourth-order valence-electron chi connectivity index (χ4n) is 2.74. The van der Waals surface area contributed by atoms with Crippen molar-refractivity contribution in [2.75, 3.05) is 18.5 Å². The van der Waals surface area contributed by atoms with Crippen molar-refractivity contribution in [2.45, 2.75) is 18.9 Å². The van der Waals surface area contributed by atoms with E-state index < -0.39 is 6.10 Å². The maximum Gasteiger partial charge on any atom is 0.268 e. The van der Waals surface area contributed by atoms with Gasteiger partial charge >= 0.3 is 0 Å². The number of nitrogens with zero attached hydrogens (tertiary/aromatic N) is 1. The lowest BCUT2D eigenvalue weighted by molar-refractivity contribution is -0.132. The van der Waals surface area contributed by atoms with Crippen molar-refractivity contribution in [1.82, 2.24) is 5.32 Å². The van der Waals surface area contributed by atoms with Gasteiger partial charge < -0.3 is 15.0 Å². The summed E-state index contributed by atoms with van der Waals surface area (Å²) in [4.78, 5) is 25.9. The van der Waals surface area contributed by atoms with Crippen LogP contribution in [0.25, 0.3) is 0 Å². The molecule has 130 valence electrons. The molecule has 3 rings (SSSR count). The van der Waals surface area contributed by atoms with Gasteiger partial charge in [-0.05, 0) is 36.2 Å². The number of fused-ring (bicyclic) bond motifs is 1. The highest BCUT2D eigenvalue weighted by molar-refractivity contribution is 6.01. The van der Waals surface area contributed by atoms with Crippen molar-refractivity contribution in [1.29, 1.82) is 0 Å². The van der Waals surface area contributed by atoms with Crippen LogP contribution in [0.5, 0.6) is 5.75 Å². The Kier molecular flexibility index (Phi) is 4.97. The third-order valence-electron chi connectivity index (χ3n) is 4.12. The van der Waals surface area contributed by atoms with Crippen LogP contribution in [0.3, 0.4) is 0 Å². The third-order valence-corrected chi connectivity index (χ3v) is 4.12. The van der Waals surface area contributed by atoms with Gasteiger partial charge in [-0.15, -0.1) is 0 Å². The van der Waals surface area contributed by atoms with Gasteiger partial charge in [0.2, 0.25) is 5.91 Å². The van der Waals surface area contributed by atoms with Crippen LogP contribution < -0.4 is 15.0 Å². The van der Waals surface area contributed by atoms with Crippen LogP contribution >= 0.6 is 0 Å². The summed E-state index contributed by atoms with van der Waals surface area (Å²) >= 11 is 0. The van der Waals surface area contributed by atoms with Gasteiger partial charge in [0.1, 0.15) is 11.6 Å². The fraction of sp³-hybridized carbons (Fsp3) is 0.263. The Balaban J connectivity index is 1.53. The van der Waals surface area contributed by atoms with E-state index >= 15 is 0 Å². The summed E-state index contributed by atoms with van der Waals surface area (Å²) in [5.41, 5.74) is 1.63.